The average Bonchev–Trinajstić information content (AvgIpc) is 2.96. The standard InChI is InChI=1S/C15H22N2O2/c1-2-12-5-7-14(8-6-12)19-11-15(18)17-10-13-4-3-9-16-13/h5-8,13,16H,2-4,9-11H2,1H3,(H,17,18). The minimum atomic E-state index is -0.0618. The van der Waals surface area contributed by atoms with Crippen molar-refractivity contribution in [1.29, 1.82) is 0 Å². The van der Waals surface area contributed by atoms with Gasteiger partial charge in [0.25, 0.3) is 5.91 Å². The normalized spacial score (nSPS) is 18.3. The summed E-state index contributed by atoms with van der Waals surface area (Å²) in [5.74, 6) is 0.680. The number of carbonyl (C=O) groups is 1. The van der Waals surface area contributed by atoms with Crippen molar-refractivity contribution >= 4 is 5.91 Å². The molecule has 0 spiro atoms. The zero-order valence-electron chi connectivity index (χ0n) is 11.4. The Bertz CT molecular complexity index is 397. The van der Waals surface area contributed by atoms with E-state index >= 15 is 0 Å². The highest BCUT2D eigenvalue weighted by atomic mass is 16.5. The van der Waals surface area contributed by atoms with Crippen LogP contribution in [0.25, 0.3) is 0 Å². The lowest BCUT2D eigenvalue weighted by Crippen LogP contribution is -2.39. The minimum absolute atomic E-state index is 0.0618. The van der Waals surface area contributed by atoms with E-state index in [0.717, 1.165) is 25.1 Å². The zero-order chi connectivity index (χ0) is 13.5. The van der Waals surface area contributed by atoms with Crippen LogP contribution in [0.1, 0.15) is 25.3 Å². The van der Waals surface area contributed by atoms with E-state index in [1.54, 1.807) is 0 Å². The molecule has 2 rings (SSSR count). The van der Waals surface area contributed by atoms with Crippen molar-refractivity contribution in [2.24, 2.45) is 0 Å². The minimum Gasteiger partial charge on any atom is -0.484 e. The van der Waals surface area contributed by atoms with Gasteiger partial charge in [-0.25, -0.2) is 0 Å². The fourth-order valence-corrected chi connectivity index (χ4v) is 2.19. The molecule has 1 unspecified atom stereocenters. The Hall–Kier alpha value is -1.55. The Morgan fingerprint density at radius 3 is 2.84 bits per heavy atom. The van der Waals surface area contributed by atoms with Gasteiger partial charge in [-0.05, 0) is 43.5 Å². The van der Waals surface area contributed by atoms with Gasteiger partial charge in [0.05, 0.1) is 0 Å². The van der Waals surface area contributed by atoms with Crippen LogP contribution in [0.15, 0.2) is 24.3 Å². The SMILES string of the molecule is CCc1ccc(OCC(=O)NCC2CCCN2)cc1. The van der Waals surface area contributed by atoms with Gasteiger partial charge in [-0.3, -0.25) is 4.79 Å². The molecule has 0 aromatic heterocycles. The molecule has 0 bridgehead atoms. The molecule has 1 aliphatic heterocycles. The second kappa shape index (κ2) is 7.14. The maximum Gasteiger partial charge on any atom is 0.257 e. The highest BCUT2D eigenvalue weighted by molar-refractivity contribution is 5.77. The van der Waals surface area contributed by atoms with Crippen molar-refractivity contribution in [3.8, 4) is 5.75 Å². The largest absolute Gasteiger partial charge is 0.484 e. The summed E-state index contributed by atoms with van der Waals surface area (Å²) in [5, 5.41) is 6.23. The Labute approximate surface area is 114 Å². The fourth-order valence-electron chi connectivity index (χ4n) is 2.19. The summed E-state index contributed by atoms with van der Waals surface area (Å²) in [5.41, 5.74) is 1.27. The molecule has 1 atom stereocenters. The first-order valence-corrected chi connectivity index (χ1v) is 6.99. The van der Waals surface area contributed by atoms with E-state index in [2.05, 4.69) is 17.6 Å². The first kappa shape index (κ1) is 13.9. The van der Waals surface area contributed by atoms with E-state index in [0.29, 0.717) is 12.6 Å². The van der Waals surface area contributed by atoms with Gasteiger partial charge in [-0.2, -0.15) is 0 Å². The van der Waals surface area contributed by atoms with Gasteiger partial charge in [-0.15, -0.1) is 0 Å². The van der Waals surface area contributed by atoms with Gasteiger partial charge in [0, 0.05) is 12.6 Å². The van der Waals surface area contributed by atoms with Crippen LogP contribution in [0.4, 0.5) is 0 Å². The van der Waals surface area contributed by atoms with Crippen molar-refractivity contribution in [3.63, 3.8) is 0 Å². The molecule has 1 aromatic rings. The van der Waals surface area contributed by atoms with Crippen LogP contribution in [0.3, 0.4) is 0 Å². The van der Waals surface area contributed by atoms with Gasteiger partial charge >= 0.3 is 0 Å². The number of ether oxygens (including phenoxy) is 1. The third-order valence-electron chi connectivity index (χ3n) is 3.41. The number of nitrogens with one attached hydrogen (secondary N) is 2. The maximum atomic E-state index is 11.6. The van der Waals surface area contributed by atoms with Crippen LogP contribution >= 0.6 is 0 Å². The van der Waals surface area contributed by atoms with Crippen LogP contribution in [0, 0.1) is 0 Å². The van der Waals surface area contributed by atoms with Crippen LogP contribution < -0.4 is 15.4 Å². The molecule has 1 amide bonds. The second-order valence-corrected chi connectivity index (χ2v) is 4.88. The van der Waals surface area contributed by atoms with E-state index < -0.39 is 0 Å². The van der Waals surface area contributed by atoms with E-state index in [9.17, 15) is 4.79 Å². The molecule has 1 aromatic carbocycles. The molecule has 1 fully saturated rings. The summed E-state index contributed by atoms with van der Waals surface area (Å²) in [7, 11) is 0. The molecular weight excluding hydrogens is 240 g/mol. The van der Waals surface area contributed by atoms with Crippen LogP contribution in [-0.2, 0) is 11.2 Å². The lowest BCUT2D eigenvalue weighted by molar-refractivity contribution is -0.123. The van der Waals surface area contributed by atoms with Gasteiger partial charge < -0.3 is 15.4 Å². The van der Waals surface area contributed by atoms with Crippen molar-refractivity contribution in [2.45, 2.75) is 32.2 Å². The first-order chi connectivity index (χ1) is 9.28. The molecule has 0 radical (unpaired) electrons. The lowest BCUT2D eigenvalue weighted by atomic mass is 10.2. The first-order valence-electron chi connectivity index (χ1n) is 6.99. The molecular formula is C15H22N2O2. The van der Waals surface area contributed by atoms with E-state index in [1.807, 2.05) is 24.3 Å². The Kier molecular flexibility index (Phi) is 5.21. The molecule has 19 heavy (non-hydrogen) atoms. The quantitative estimate of drug-likeness (QED) is 0.817. The molecule has 4 heteroatoms. The van der Waals surface area contributed by atoms with Crippen LogP contribution in [-0.4, -0.2) is 31.6 Å². The van der Waals surface area contributed by atoms with Crippen molar-refractivity contribution in [3.05, 3.63) is 29.8 Å². The van der Waals surface area contributed by atoms with E-state index in [4.69, 9.17) is 4.74 Å². The number of hydrogen-bond donors (Lipinski definition) is 2. The van der Waals surface area contributed by atoms with Crippen molar-refractivity contribution < 1.29 is 9.53 Å². The Morgan fingerprint density at radius 1 is 1.42 bits per heavy atom. The molecule has 4 nitrogen and oxygen atoms in total. The second-order valence-electron chi connectivity index (χ2n) is 4.88. The molecule has 104 valence electrons. The molecule has 2 N–H and O–H groups in total. The topological polar surface area (TPSA) is 50.4 Å². The maximum absolute atomic E-state index is 11.6. The third-order valence-corrected chi connectivity index (χ3v) is 3.41. The van der Waals surface area contributed by atoms with Gasteiger partial charge in [-0.1, -0.05) is 19.1 Å². The summed E-state index contributed by atoms with van der Waals surface area (Å²) < 4.78 is 5.45. The van der Waals surface area contributed by atoms with Crippen molar-refractivity contribution in [2.75, 3.05) is 19.7 Å². The number of carbonyl (C=O) groups excluding carboxylic acids is 1. The number of aryl methyl sites for hydroxylation is 1. The van der Waals surface area contributed by atoms with E-state index in [1.165, 1.54) is 12.0 Å². The highest BCUT2D eigenvalue weighted by Gasteiger charge is 2.14. The number of benzene rings is 1. The smallest absolute Gasteiger partial charge is 0.257 e. The van der Waals surface area contributed by atoms with E-state index in [-0.39, 0.29) is 12.5 Å². The van der Waals surface area contributed by atoms with Gasteiger partial charge in [0.1, 0.15) is 5.75 Å². The molecule has 0 saturated carbocycles. The van der Waals surface area contributed by atoms with Crippen LogP contribution in [0.2, 0.25) is 0 Å². The summed E-state index contributed by atoms with van der Waals surface area (Å²) in [6.07, 6.45) is 3.34. The fraction of sp³-hybridized carbons (Fsp3) is 0.533. The zero-order valence-corrected chi connectivity index (χ0v) is 11.4. The highest BCUT2D eigenvalue weighted by Crippen LogP contribution is 2.12. The summed E-state index contributed by atoms with van der Waals surface area (Å²) in [4.78, 5) is 11.6. The van der Waals surface area contributed by atoms with Crippen LogP contribution in [0.5, 0.6) is 5.75 Å². The molecule has 1 aliphatic rings. The molecule has 1 heterocycles. The van der Waals surface area contributed by atoms with Gasteiger partial charge in [0.15, 0.2) is 6.61 Å². The number of rotatable bonds is 6. The summed E-state index contributed by atoms with van der Waals surface area (Å²) in [6, 6.07) is 8.29. The summed E-state index contributed by atoms with van der Waals surface area (Å²) in [6.45, 7) is 3.94. The predicted molar refractivity (Wildman–Crippen MR) is 75.3 cm³/mol. The number of amides is 1. The predicted octanol–water partition coefficient (Wildman–Crippen LogP) is 1.50. The average molecular weight is 262 g/mol. The monoisotopic (exact) mass is 262 g/mol. The Balaban J connectivity index is 1.67. The lowest BCUT2D eigenvalue weighted by Gasteiger charge is -2.12. The summed E-state index contributed by atoms with van der Waals surface area (Å²) >= 11 is 0. The third kappa shape index (κ3) is 4.56. The van der Waals surface area contributed by atoms with Gasteiger partial charge in [0.2, 0.25) is 0 Å². The molecule has 0 aliphatic carbocycles. The Morgan fingerprint density at radius 2 is 2.21 bits per heavy atom. The molecule has 1 saturated heterocycles. The number of hydrogen-bond acceptors (Lipinski definition) is 3. The van der Waals surface area contributed by atoms with Crippen molar-refractivity contribution in [1.82, 2.24) is 10.6 Å².